The molecule has 6 N–H and O–H groups in total. The zero-order chi connectivity index (χ0) is 27.7. The molecule has 5 rings (SSSR count). The Morgan fingerprint density at radius 1 is 1.18 bits per heavy atom. The number of primary amides is 1. The number of Topliss-reactive ketones (excluding diaryl/α,β-unsaturated/α-hetero) is 2. The second-order valence-electron chi connectivity index (χ2n) is 11.4. The van der Waals surface area contributed by atoms with Crippen LogP contribution in [0.3, 0.4) is 0 Å². The number of hydrogen-bond acceptors (Lipinski definition) is 8. The maximum Gasteiger partial charge on any atom is 0.255 e. The number of likely N-dealkylation sites (N-methyl/N-ethyl adjacent to an activating group) is 1. The smallest absolute Gasteiger partial charge is 0.255 e. The molecule has 0 radical (unpaired) electrons. The average molecular weight is 529 g/mol. The topological polar surface area (TPSA) is 161 Å². The highest BCUT2D eigenvalue weighted by molar-refractivity contribution is 6.24. The van der Waals surface area contributed by atoms with Gasteiger partial charge in [0, 0.05) is 17.1 Å². The fraction of sp³-hybridized carbons (Fsp3) is 0.536. The number of hydrogen-bond donors (Lipinski definition) is 5. The van der Waals surface area contributed by atoms with Crippen molar-refractivity contribution in [3.63, 3.8) is 0 Å². The summed E-state index contributed by atoms with van der Waals surface area (Å²) >= 11 is 0. The maximum atomic E-state index is 15.2. The fourth-order valence-corrected chi connectivity index (χ4v) is 7.19. The van der Waals surface area contributed by atoms with E-state index in [1.807, 2.05) is 0 Å². The molecule has 1 amide bonds. The average Bonchev–Trinajstić information content (AvgIpc) is 3.34. The van der Waals surface area contributed by atoms with E-state index in [1.165, 1.54) is 25.1 Å². The molecule has 0 spiro atoms. The quantitative estimate of drug-likeness (QED) is 0.364. The van der Waals surface area contributed by atoms with Crippen molar-refractivity contribution in [3.05, 3.63) is 45.5 Å². The van der Waals surface area contributed by atoms with Gasteiger partial charge in [0.2, 0.25) is 5.78 Å². The van der Waals surface area contributed by atoms with E-state index in [4.69, 9.17) is 5.73 Å². The molecule has 1 aromatic rings. The molecule has 1 aromatic carbocycles. The molecule has 204 valence electrons. The fourth-order valence-electron chi connectivity index (χ4n) is 7.19. The van der Waals surface area contributed by atoms with E-state index in [1.54, 1.807) is 0 Å². The number of aromatic hydroxyl groups is 1. The lowest BCUT2D eigenvalue weighted by Gasteiger charge is -2.50. The molecule has 0 saturated heterocycles. The molecule has 4 atom stereocenters. The van der Waals surface area contributed by atoms with Gasteiger partial charge in [0.05, 0.1) is 11.6 Å². The molecule has 4 aliphatic carbocycles. The summed E-state index contributed by atoms with van der Waals surface area (Å²) in [5, 5.41) is 44.9. The highest BCUT2D eigenvalue weighted by Gasteiger charge is 2.64. The van der Waals surface area contributed by atoms with Gasteiger partial charge in [0.25, 0.3) is 5.91 Å². The van der Waals surface area contributed by atoms with Crippen LogP contribution in [-0.4, -0.2) is 68.5 Å². The predicted molar refractivity (Wildman–Crippen MR) is 134 cm³/mol. The number of ketones is 2. The van der Waals surface area contributed by atoms with Crippen LogP contribution in [0.1, 0.15) is 55.2 Å². The van der Waals surface area contributed by atoms with Gasteiger partial charge in [-0.2, -0.15) is 0 Å². The van der Waals surface area contributed by atoms with Gasteiger partial charge in [0.1, 0.15) is 28.7 Å². The Morgan fingerprint density at radius 2 is 1.84 bits per heavy atom. The predicted octanol–water partition coefficient (Wildman–Crippen LogP) is 2.23. The van der Waals surface area contributed by atoms with Crippen molar-refractivity contribution in [1.82, 2.24) is 4.90 Å². The third-order valence-corrected chi connectivity index (χ3v) is 9.04. The summed E-state index contributed by atoms with van der Waals surface area (Å²) in [6.07, 6.45) is 5.38. The third kappa shape index (κ3) is 3.68. The first kappa shape index (κ1) is 26.4. The van der Waals surface area contributed by atoms with Crippen molar-refractivity contribution in [3.8, 4) is 5.75 Å². The number of aliphatic hydroxyl groups is 3. The summed E-state index contributed by atoms with van der Waals surface area (Å²) in [7, 11) is 3.07. The normalized spacial score (nSPS) is 29.6. The standard InChI is InChI=1S/C28H33FN2O7/c1-31(2)21-16-10-13-9-14-11-17(29)15(8-7-12-5-3-4-6-12)22(32)18(14)23(33)19(13)25(35)28(16,38)26(36)20(24(21)34)27(30)37/h11-13,16,21,32-33,36,38H,3-10H2,1-2H3,(H2,30,37)/t13-,16-,21-,28-/m0/s1. The number of carbonyl (C=O) groups excluding carboxylic acids is 3. The molecule has 38 heavy (non-hydrogen) atoms. The molecule has 0 unspecified atom stereocenters. The number of carbonyl (C=O) groups is 3. The molecule has 9 nitrogen and oxygen atoms in total. The Kier molecular flexibility index (Phi) is 6.38. The molecular weight excluding hydrogens is 495 g/mol. The second kappa shape index (κ2) is 9.20. The molecule has 2 fully saturated rings. The van der Waals surface area contributed by atoms with Crippen LogP contribution in [0.5, 0.6) is 5.75 Å². The Balaban J connectivity index is 1.62. The lowest BCUT2D eigenvalue weighted by Crippen LogP contribution is -2.65. The van der Waals surface area contributed by atoms with Crippen LogP contribution in [-0.2, 0) is 27.2 Å². The number of phenolic OH excluding ortho intramolecular Hbond substituents is 1. The van der Waals surface area contributed by atoms with E-state index in [-0.39, 0.29) is 36.0 Å². The van der Waals surface area contributed by atoms with Crippen molar-refractivity contribution < 1.29 is 39.2 Å². The number of nitrogens with zero attached hydrogens (tertiary/aromatic N) is 1. The Morgan fingerprint density at radius 3 is 2.45 bits per heavy atom. The molecule has 0 aromatic heterocycles. The van der Waals surface area contributed by atoms with Crippen LogP contribution in [0.15, 0.2) is 23.0 Å². The Hall–Kier alpha value is -3.24. The molecule has 2 saturated carbocycles. The van der Waals surface area contributed by atoms with Gasteiger partial charge in [-0.1, -0.05) is 25.7 Å². The minimum absolute atomic E-state index is 0.0302. The number of phenols is 1. The summed E-state index contributed by atoms with van der Waals surface area (Å²) in [5.41, 5.74) is 1.87. The van der Waals surface area contributed by atoms with Crippen molar-refractivity contribution >= 4 is 23.2 Å². The van der Waals surface area contributed by atoms with Crippen molar-refractivity contribution in [1.29, 1.82) is 0 Å². The van der Waals surface area contributed by atoms with E-state index in [9.17, 15) is 34.8 Å². The number of benzene rings is 1. The highest BCUT2D eigenvalue weighted by atomic mass is 19.1. The first-order valence-electron chi connectivity index (χ1n) is 13.1. The number of aliphatic hydroxyl groups excluding tert-OH is 2. The Bertz CT molecular complexity index is 1310. The van der Waals surface area contributed by atoms with Gasteiger partial charge >= 0.3 is 0 Å². The molecule has 4 aliphatic rings. The van der Waals surface area contributed by atoms with Gasteiger partial charge in [-0.3, -0.25) is 19.3 Å². The summed E-state index contributed by atoms with van der Waals surface area (Å²) in [4.78, 5) is 40.5. The SMILES string of the molecule is CN(C)[C@@H]1C(=O)C(C(N)=O)=C(O)[C@@]2(O)C(=O)C3=C(O)c4c(cc(F)c(CCC5CCCC5)c4O)C[C@H]3C[C@@H]12. The Labute approximate surface area is 219 Å². The van der Waals surface area contributed by atoms with E-state index >= 15 is 4.39 Å². The highest BCUT2D eigenvalue weighted by Crippen LogP contribution is 2.53. The van der Waals surface area contributed by atoms with Gasteiger partial charge in [0.15, 0.2) is 11.4 Å². The van der Waals surface area contributed by atoms with E-state index < -0.39 is 69.6 Å². The minimum Gasteiger partial charge on any atom is -0.508 e. The molecule has 0 bridgehead atoms. The largest absolute Gasteiger partial charge is 0.508 e. The van der Waals surface area contributed by atoms with Gasteiger partial charge in [-0.25, -0.2) is 4.39 Å². The second-order valence-corrected chi connectivity index (χ2v) is 11.4. The molecule has 0 heterocycles. The van der Waals surface area contributed by atoms with E-state index in [0.29, 0.717) is 17.9 Å². The van der Waals surface area contributed by atoms with Gasteiger partial charge < -0.3 is 26.2 Å². The zero-order valence-electron chi connectivity index (χ0n) is 21.5. The molecule has 10 heteroatoms. The van der Waals surface area contributed by atoms with Crippen LogP contribution < -0.4 is 5.73 Å². The van der Waals surface area contributed by atoms with Crippen LogP contribution in [0.4, 0.5) is 4.39 Å². The van der Waals surface area contributed by atoms with E-state index in [2.05, 4.69) is 0 Å². The number of halogens is 1. The molecular formula is C28H33FN2O7. The summed E-state index contributed by atoms with van der Waals surface area (Å²) in [6, 6.07) is 0.116. The number of rotatable bonds is 5. The minimum atomic E-state index is -2.69. The van der Waals surface area contributed by atoms with Crippen LogP contribution in [0, 0.1) is 23.6 Å². The number of fused-ring (bicyclic) bond motifs is 3. The lowest BCUT2D eigenvalue weighted by atomic mass is 9.57. The first-order chi connectivity index (χ1) is 17.9. The first-order valence-corrected chi connectivity index (χ1v) is 13.1. The van der Waals surface area contributed by atoms with Crippen LogP contribution >= 0.6 is 0 Å². The van der Waals surface area contributed by atoms with Crippen molar-refractivity contribution in [2.75, 3.05) is 14.1 Å². The number of nitrogens with two attached hydrogens (primary N) is 1. The summed E-state index contributed by atoms with van der Waals surface area (Å²) < 4.78 is 15.2. The monoisotopic (exact) mass is 528 g/mol. The summed E-state index contributed by atoms with van der Waals surface area (Å²) in [5.74, 6) is -7.36. The summed E-state index contributed by atoms with van der Waals surface area (Å²) in [6.45, 7) is 0. The third-order valence-electron chi connectivity index (χ3n) is 9.04. The van der Waals surface area contributed by atoms with Gasteiger partial charge in [-0.15, -0.1) is 0 Å². The zero-order valence-corrected chi connectivity index (χ0v) is 21.5. The molecule has 0 aliphatic heterocycles. The van der Waals surface area contributed by atoms with Gasteiger partial charge in [-0.05, 0) is 63.2 Å². The van der Waals surface area contributed by atoms with Crippen LogP contribution in [0.25, 0.3) is 5.76 Å². The maximum absolute atomic E-state index is 15.2. The van der Waals surface area contributed by atoms with E-state index in [0.717, 1.165) is 25.7 Å². The lowest BCUT2D eigenvalue weighted by molar-refractivity contribution is -0.153. The van der Waals surface area contributed by atoms with Crippen molar-refractivity contribution in [2.24, 2.45) is 23.5 Å². The van der Waals surface area contributed by atoms with Crippen LogP contribution in [0.2, 0.25) is 0 Å². The number of amides is 1. The van der Waals surface area contributed by atoms with Crippen molar-refractivity contribution in [2.45, 2.75) is 63.0 Å².